The van der Waals surface area contributed by atoms with Gasteiger partial charge >= 0.3 is 12.1 Å². The lowest BCUT2D eigenvalue weighted by molar-refractivity contribution is -0.192. The van der Waals surface area contributed by atoms with Gasteiger partial charge in [0.05, 0.1) is 17.1 Å². The van der Waals surface area contributed by atoms with E-state index in [-0.39, 0.29) is 31.5 Å². The largest absolute Gasteiger partial charge is 0.490 e. The molecule has 0 saturated heterocycles. The van der Waals surface area contributed by atoms with Crippen LogP contribution >= 0.6 is 0 Å². The summed E-state index contributed by atoms with van der Waals surface area (Å²) in [5.74, 6) is -6.05. The average Bonchev–Trinajstić information content (AvgIpc) is 3.12. The van der Waals surface area contributed by atoms with Crippen LogP contribution in [-0.4, -0.2) is 83.2 Å². The summed E-state index contributed by atoms with van der Waals surface area (Å²) in [5, 5.41) is 20.4. The first-order chi connectivity index (χ1) is 26.3. The number of carbonyl (C=O) groups is 3. The lowest BCUT2D eigenvalue weighted by Gasteiger charge is -2.32. The monoisotopic (exact) mass is 813 g/mol. The second-order valence-electron chi connectivity index (χ2n) is 13.5. The lowest BCUT2D eigenvalue weighted by Crippen LogP contribution is -2.55. The summed E-state index contributed by atoms with van der Waals surface area (Å²) >= 11 is 0. The molecule has 3 rings (SSSR count). The number of hydrogen-bond donors (Lipinski definition) is 4. The number of benzene rings is 3. The van der Waals surface area contributed by atoms with E-state index in [1.807, 2.05) is 75.4 Å². The summed E-state index contributed by atoms with van der Waals surface area (Å²) in [6, 6.07) is 17.5. The van der Waals surface area contributed by atoms with Crippen molar-refractivity contribution in [1.29, 1.82) is 0 Å². The number of aliphatic hydroxyl groups is 1. The normalized spacial score (nSPS) is 13.3. The van der Waals surface area contributed by atoms with E-state index >= 15 is 0 Å². The zero-order chi connectivity index (χ0) is 42.1. The van der Waals surface area contributed by atoms with Crippen LogP contribution in [0.15, 0.2) is 72.8 Å². The van der Waals surface area contributed by atoms with Gasteiger partial charge in [-0.25, -0.2) is 22.0 Å². The molecule has 56 heavy (non-hydrogen) atoms. The van der Waals surface area contributed by atoms with E-state index in [4.69, 9.17) is 15.6 Å². The Morgan fingerprint density at radius 2 is 1.39 bits per heavy atom. The number of carboxylic acids is 1. The third-order valence-corrected chi connectivity index (χ3v) is 11.2. The molecule has 0 spiro atoms. The van der Waals surface area contributed by atoms with Gasteiger partial charge in [-0.15, -0.1) is 0 Å². The highest BCUT2D eigenvalue weighted by molar-refractivity contribution is 7.92. The Hall–Kier alpha value is -4.41. The number of aliphatic carboxylic acids is 1. The summed E-state index contributed by atoms with van der Waals surface area (Å²) in [6.45, 7) is 5.50. The van der Waals surface area contributed by atoms with E-state index in [1.165, 1.54) is 4.90 Å². The van der Waals surface area contributed by atoms with Crippen LogP contribution in [0.25, 0.3) is 0 Å². The molecule has 10 nitrogen and oxygen atoms in total. The molecule has 0 fully saturated rings. The van der Waals surface area contributed by atoms with Gasteiger partial charge in [0.15, 0.2) is 9.84 Å². The molecule has 0 heterocycles. The molecule has 310 valence electrons. The van der Waals surface area contributed by atoms with Gasteiger partial charge in [0.25, 0.3) is 0 Å². The summed E-state index contributed by atoms with van der Waals surface area (Å²) in [4.78, 5) is 37.9. The highest BCUT2D eigenvalue weighted by Gasteiger charge is 2.38. The molecule has 0 aromatic heterocycles. The number of nitrogens with zero attached hydrogens (tertiary/aromatic N) is 1. The lowest BCUT2D eigenvalue weighted by atomic mass is 10.0. The van der Waals surface area contributed by atoms with Gasteiger partial charge in [-0.1, -0.05) is 88.2 Å². The van der Waals surface area contributed by atoms with E-state index in [2.05, 4.69) is 5.32 Å². The maximum absolute atomic E-state index is 14.4. The molecule has 2 amide bonds. The SMILES string of the molecule is CCCC(CCC)S(=O)(=O)CC(NC(=O)CCc1ccccc1)C(=O)N(Cc1cccc(CC)c1)C[C@@H](O)[C@@H](N)Cc1cc(F)cc(F)c1.O=C(O)C(F)(F)F. The van der Waals surface area contributed by atoms with Gasteiger partial charge in [0.1, 0.15) is 17.7 Å². The van der Waals surface area contributed by atoms with Gasteiger partial charge in [0.2, 0.25) is 11.8 Å². The van der Waals surface area contributed by atoms with Crippen LogP contribution in [0.5, 0.6) is 0 Å². The topological polar surface area (TPSA) is 167 Å². The van der Waals surface area contributed by atoms with Gasteiger partial charge in [-0.3, -0.25) is 9.59 Å². The Morgan fingerprint density at radius 1 is 0.839 bits per heavy atom. The van der Waals surface area contributed by atoms with Crippen molar-refractivity contribution < 1.29 is 55.0 Å². The number of carboxylic acid groups (broad SMARTS) is 1. The number of aryl methyl sites for hydroxylation is 2. The molecule has 3 aromatic rings. The van der Waals surface area contributed by atoms with E-state index in [9.17, 15) is 45.1 Å². The smallest absolute Gasteiger partial charge is 0.475 e. The van der Waals surface area contributed by atoms with Crippen molar-refractivity contribution in [3.05, 3.63) is 107 Å². The average molecular weight is 814 g/mol. The van der Waals surface area contributed by atoms with Gasteiger partial charge in [0, 0.05) is 31.6 Å². The Bertz CT molecular complexity index is 1790. The number of rotatable bonds is 20. The fourth-order valence-electron chi connectivity index (χ4n) is 5.98. The van der Waals surface area contributed by atoms with E-state index in [0.717, 1.165) is 41.3 Å². The number of hydrogen-bond acceptors (Lipinski definition) is 7. The van der Waals surface area contributed by atoms with Crippen molar-refractivity contribution in [1.82, 2.24) is 10.2 Å². The van der Waals surface area contributed by atoms with Crippen molar-refractivity contribution in [3.63, 3.8) is 0 Å². The molecule has 0 radical (unpaired) electrons. The minimum absolute atomic E-state index is 0.00876. The van der Waals surface area contributed by atoms with Gasteiger partial charge < -0.3 is 26.2 Å². The Kier molecular flexibility index (Phi) is 19.6. The summed E-state index contributed by atoms with van der Waals surface area (Å²) in [6.07, 6.45) is -3.17. The first-order valence-corrected chi connectivity index (χ1v) is 20.1. The van der Waals surface area contributed by atoms with Crippen molar-refractivity contribution in [2.45, 2.75) is 108 Å². The highest BCUT2D eigenvalue weighted by Crippen LogP contribution is 2.20. The summed E-state index contributed by atoms with van der Waals surface area (Å²) in [5.41, 5.74) is 9.22. The van der Waals surface area contributed by atoms with Crippen molar-refractivity contribution in [3.8, 4) is 0 Å². The predicted molar refractivity (Wildman–Crippen MR) is 203 cm³/mol. The fraction of sp³-hybridized carbons (Fsp3) is 0.475. The molecule has 3 atom stereocenters. The van der Waals surface area contributed by atoms with Crippen LogP contribution in [-0.2, 0) is 50.0 Å². The van der Waals surface area contributed by atoms with Gasteiger partial charge in [-0.2, -0.15) is 13.2 Å². The number of nitrogens with one attached hydrogen (secondary N) is 1. The second kappa shape index (κ2) is 23.0. The molecule has 0 aliphatic carbocycles. The zero-order valence-corrected chi connectivity index (χ0v) is 32.6. The zero-order valence-electron chi connectivity index (χ0n) is 31.8. The fourth-order valence-corrected chi connectivity index (χ4v) is 8.13. The number of sulfone groups is 1. The first-order valence-electron chi connectivity index (χ1n) is 18.4. The number of nitrogens with two attached hydrogens (primary N) is 1. The molecular weight excluding hydrogens is 762 g/mol. The molecule has 16 heteroatoms. The number of amides is 2. The molecule has 3 aromatic carbocycles. The maximum Gasteiger partial charge on any atom is 0.490 e. The Morgan fingerprint density at radius 3 is 1.93 bits per heavy atom. The third kappa shape index (κ3) is 16.8. The first kappa shape index (κ1) is 47.7. The van der Waals surface area contributed by atoms with Crippen LogP contribution in [0.4, 0.5) is 22.0 Å². The van der Waals surface area contributed by atoms with Crippen LogP contribution < -0.4 is 11.1 Å². The molecule has 1 unspecified atom stereocenters. The minimum atomic E-state index is -5.08. The second-order valence-corrected chi connectivity index (χ2v) is 15.9. The van der Waals surface area contributed by atoms with Crippen LogP contribution in [0, 0.1) is 11.6 Å². The quantitative estimate of drug-likeness (QED) is 0.102. The van der Waals surface area contributed by atoms with E-state index in [1.54, 1.807) is 0 Å². The van der Waals surface area contributed by atoms with Crippen LogP contribution in [0.2, 0.25) is 0 Å². The highest BCUT2D eigenvalue weighted by atomic mass is 32.2. The van der Waals surface area contributed by atoms with Crippen LogP contribution in [0.3, 0.4) is 0 Å². The van der Waals surface area contributed by atoms with Crippen molar-refractivity contribution in [2.75, 3.05) is 12.3 Å². The number of halogens is 5. The standard InChI is InChI=1S/C38H51F2N3O5S.C2HF3O2/c1-4-11-33(12-5-2)49(47,48)26-35(42-37(45)18-17-28-13-8-7-9-14-28)38(46)43(24-29-16-10-15-27(6-3)19-29)25-36(44)34(41)22-30-20-31(39)23-32(40)21-30;3-2(4,5)1(6)7/h7-10,13-16,19-21,23,33-36,44H,4-6,11-12,17-18,22,24-26,41H2,1-3H3,(H,42,45);(H,6,7)/t34-,35?,36+;/m0./s1. The molecule has 0 aliphatic heterocycles. The molecule has 0 bridgehead atoms. The number of alkyl halides is 3. The maximum atomic E-state index is 14.4. The Balaban J connectivity index is 0.00000141. The predicted octanol–water partition coefficient (Wildman–Crippen LogP) is 5.92. The summed E-state index contributed by atoms with van der Waals surface area (Å²) < 4.78 is 87.0. The minimum Gasteiger partial charge on any atom is -0.475 e. The molecule has 5 N–H and O–H groups in total. The Labute approximate surface area is 325 Å². The summed E-state index contributed by atoms with van der Waals surface area (Å²) in [7, 11) is -3.83. The van der Waals surface area contributed by atoms with Gasteiger partial charge in [-0.05, 0) is 66.5 Å². The van der Waals surface area contributed by atoms with E-state index < -0.39 is 74.6 Å². The molecular formula is C40H52F5N3O7S. The van der Waals surface area contributed by atoms with Crippen LogP contribution in [0.1, 0.15) is 75.1 Å². The van der Waals surface area contributed by atoms with Crippen molar-refractivity contribution in [2.24, 2.45) is 5.73 Å². The van der Waals surface area contributed by atoms with Crippen molar-refractivity contribution >= 4 is 27.6 Å². The van der Waals surface area contributed by atoms with E-state index in [0.29, 0.717) is 32.1 Å². The number of carbonyl (C=O) groups excluding carboxylic acids is 2. The molecule has 0 saturated carbocycles. The third-order valence-electron chi connectivity index (χ3n) is 8.87. The molecule has 0 aliphatic rings. The number of aliphatic hydroxyl groups excluding tert-OH is 1.